The Bertz CT molecular complexity index is 1340. The van der Waals surface area contributed by atoms with Gasteiger partial charge in [-0.2, -0.15) is 0 Å². The monoisotopic (exact) mass is 962 g/mol. The van der Waals surface area contributed by atoms with Crippen LogP contribution in [0.3, 0.4) is 0 Å². The van der Waals surface area contributed by atoms with E-state index in [-0.39, 0.29) is 31.5 Å². The van der Waals surface area contributed by atoms with Crippen LogP contribution in [0.2, 0.25) is 0 Å². The van der Waals surface area contributed by atoms with Crippen molar-refractivity contribution in [3.8, 4) is 0 Å². The fraction of sp³-hybridized carbons (Fsp3) is 0.789. The van der Waals surface area contributed by atoms with E-state index >= 15 is 0 Å². The van der Waals surface area contributed by atoms with Gasteiger partial charge in [-0.3, -0.25) is 18.6 Å². The van der Waals surface area contributed by atoms with Crippen LogP contribution in [0.5, 0.6) is 0 Å². The van der Waals surface area contributed by atoms with Gasteiger partial charge >= 0.3 is 13.8 Å². The lowest BCUT2D eigenvalue weighted by atomic mass is 10.0. The van der Waals surface area contributed by atoms with Gasteiger partial charge in [-0.05, 0) is 70.3 Å². The normalized spacial score (nSPS) is 14.3. The van der Waals surface area contributed by atoms with E-state index in [2.05, 4.69) is 74.7 Å². The summed E-state index contributed by atoms with van der Waals surface area (Å²) in [4.78, 5) is 37.4. The molecule has 0 aromatic heterocycles. The van der Waals surface area contributed by atoms with Crippen LogP contribution in [0.15, 0.2) is 60.8 Å². The molecule has 0 aromatic rings. The topological polar surface area (TPSA) is 111 Å². The number of allylic oxidation sites excluding steroid dienone is 9. The van der Waals surface area contributed by atoms with Crippen molar-refractivity contribution < 1.29 is 37.3 Å². The molecule has 10 heteroatoms. The van der Waals surface area contributed by atoms with Crippen LogP contribution < -0.4 is 5.32 Å². The van der Waals surface area contributed by atoms with Crippen LogP contribution in [-0.2, 0) is 27.9 Å². The molecule has 0 bridgehead atoms. The average Bonchev–Trinajstić information content (AvgIpc) is 3.28. The molecular formula is C57H106N2O7P+. The van der Waals surface area contributed by atoms with E-state index in [0.29, 0.717) is 23.9 Å². The molecule has 0 rings (SSSR count). The zero-order valence-electron chi connectivity index (χ0n) is 44.4. The molecule has 0 spiro atoms. The molecule has 390 valence electrons. The number of hydrogen-bond donors (Lipinski definition) is 2. The van der Waals surface area contributed by atoms with Crippen molar-refractivity contribution in [2.45, 2.75) is 251 Å². The second kappa shape index (κ2) is 47.4. The predicted octanol–water partition coefficient (Wildman–Crippen LogP) is 16.3. The molecule has 67 heavy (non-hydrogen) atoms. The third kappa shape index (κ3) is 48.5. The molecule has 0 aromatic carbocycles. The highest BCUT2D eigenvalue weighted by Gasteiger charge is 2.30. The first kappa shape index (κ1) is 64.7. The van der Waals surface area contributed by atoms with Gasteiger partial charge in [0.05, 0.1) is 33.8 Å². The highest BCUT2D eigenvalue weighted by atomic mass is 31.2. The molecule has 2 N–H and O–H groups in total. The number of likely N-dealkylation sites (N-methyl/N-ethyl adjacent to an activating group) is 1. The fourth-order valence-electron chi connectivity index (χ4n) is 7.64. The van der Waals surface area contributed by atoms with Gasteiger partial charge in [-0.25, -0.2) is 4.57 Å². The minimum absolute atomic E-state index is 0.0316. The van der Waals surface area contributed by atoms with Crippen molar-refractivity contribution in [2.75, 3.05) is 40.9 Å². The van der Waals surface area contributed by atoms with Gasteiger partial charge in [0.25, 0.3) is 0 Å². The average molecular weight is 962 g/mol. The number of hydrogen-bond acceptors (Lipinski definition) is 6. The van der Waals surface area contributed by atoms with E-state index < -0.39 is 20.0 Å². The summed E-state index contributed by atoms with van der Waals surface area (Å²) in [5.74, 6) is -0.569. The number of nitrogens with one attached hydrogen (secondary N) is 1. The molecule has 0 fully saturated rings. The number of amides is 1. The highest BCUT2D eigenvalue weighted by molar-refractivity contribution is 7.47. The summed E-state index contributed by atoms with van der Waals surface area (Å²) >= 11 is 0. The number of phosphoric ester groups is 1. The lowest BCUT2D eigenvalue weighted by Gasteiger charge is -2.27. The van der Waals surface area contributed by atoms with Gasteiger partial charge < -0.3 is 19.4 Å². The summed E-state index contributed by atoms with van der Waals surface area (Å²) < 4.78 is 30.5. The molecule has 0 saturated heterocycles. The van der Waals surface area contributed by atoms with Crippen LogP contribution >= 0.6 is 7.82 Å². The van der Waals surface area contributed by atoms with E-state index in [4.69, 9.17) is 13.8 Å². The molecule has 1 amide bonds. The van der Waals surface area contributed by atoms with E-state index in [1.165, 1.54) is 135 Å². The van der Waals surface area contributed by atoms with E-state index in [9.17, 15) is 19.0 Å². The Kier molecular flexibility index (Phi) is 45.8. The van der Waals surface area contributed by atoms with Crippen molar-refractivity contribution in [1.29, 1.82) is 0 Å². The zero-order chi connectivity index (χ0) is 49.4. The van der Waals surface area contributed by atoms with Gasteiger partial charge in [0.15, 0.2) is 0 Å². The standard InChI is InChI=1S/C57H105N2O7P/c1-7-10-13-16-19-22-25-27-28-29-30-32-35-38-41-44-47-50-57(61)66-55(48-45-42-39-36-33-24-21-18-15-12-9-3)54(53-65-67(62,63)64-52-51-59(4,5)6)58-56(60)49-46-43-40-37-34-31-26-23-20-17-14-11-8-2/h19,22,27-28,30,32,38,41,45,48,54-55H,7-18,20-21,23-26,29,31,33-37,39-40,42-44,46-47,49-53H2,1-6H3,(H-,58,60,62,63)/p+1/b22-19-,28-27-,32-30-,41-38-,48-45+. The second-order valence-corrected chi connectivity index (χ2v) is 21.2. The molecule has 0 heterocycles. The molecule has 0 saturated carbocycles. The lowest BCUT2D eigenvalue weighted by molar-refractivity contribution is -0.870. The largest absolute Gasteiger partial charge is 0.472 e. The zero-order valence-corrected chi connectivity index (χ0v) is 45.3. The third-order valence-corrected chi connectivity index (χ3v) is 12.9. The number of unbranched alkanes of at least 4 members (excludes halogenated alkanes) is 25. The van der Waals surface area contributed by atoms with Gasteiger partial charge in [-0.15, -0.1) is 0 Å². The maximum Gasteiger partial charge on any atom is 0.472 e. The summed E-state index contributed by atoms with van der Waals surface area (Å²) in [5.41, 5.74) is 0. The first-order chi connectivity index (χ1) is 32.4. The number of carbonyl (C=O) groups excluding carboxylic acids is 2. The van der Waals surface area contributed by atoms with Crippen LogP contribution in [0, 0.1) is 0 Å². The number of esters is 1. The Morgan fingerprint density at radius 2 is 0.925 bits per heavy atom. The van der Waals surface area contributed by atoms with Gasteiger partial charge in [0, 0.05) is 12.8 Å². The summed E-state index contributed by atoms with van der Waals surface area (Å²) in [6.07, 6.45) is 57.9. The van der Waals surface area contributed by atoms with Crippen molar-refractivity contribution in [3.05, 3.63) is 60.8 Å². The number of quaternary nitrogens is 1. The molecule has 3 unspecified atom stereocenters. The van der Waals surface area contributed by atoms with Crippen LogP contribution in [-0.4, -0.2) is 74.3 Å². The lowest BCUT2D eigenvalue weighted by Crippen LogP contribution is -2.47. The smallest absolute Gasteiger partial charge is 0.456 e. The Balaban J connectivity index is 5.45. The maximum absolute atomic E-state index is 13.4. The van der Waals surface area contributed by atoms with Crippen LogP contribution in [0.4, 0.5) is 0 Å². The summed E-state index contributed by atoms with van der Waals surface area (Å²) in [6.45, 7) is 6.93. The minimum Gasteiger partial charge on any atom is -0.456 e. The van der Waals surface area contributed by atoms with E-state index in [0.717, 1.165) is 64.2 Å². The highest BCUT2D eigenvalue weighted by Crippen LogP contribution is 2.43. The quantitative estimate of drug-likeness (QED) is 0.0205. The molecule has 9 nitrogen and oxygen atoms in total. The molecule has 0 aliphatic carbocycles. The van der Waals surface area contributed by atoms with Gasteiger partial charge in [0.1, 0.15) is 19.3 Å². The van der Waals surface area contributed by atoms with E-state index in [1.807, 2.05) is 33.3 Å². The number of nitrogens with zero attached hydrogens (tertiary/aromatic N) is 1. The van der Waals surface area contributed by atoms with Crippen molar-refractivity contribution >= 4 is 19.7 Å². The molecule has 0 aliphatic heterocycles. The number of rotatable bonds is 49. The molecule has 3 atom stereocenters. The SMILES string of the molecule is CCCCC/C=C\C/C=C\C/C=C\C/C=C\CCCC(=O)OC(/C=C/CCCCCCCCCCC)C(COP(=O)(O)OCC[N+](C)(C)C)NC(=O)CCCCCCCCCCCCCCC. The number of carbonyl (C=O) groups is 2. The summed E-state index contributed by atoms with van der Waals surface area (Å²) in [7, 11) is 1.47. The summed E-state index contributed by atoms with van der Waals surface area (Å²) in [6, 6.07) is -0.867. The third-order valence-electron chi connectivity index (χ3n) is 12.0. The minimum atomic E-state index is -4.45. The van der Waals surface area contributed by atoms with Gasteiger partial charge in [-0.1, -0.05) is 217 Å². The van der Waals surface area contributed by atoms with Crippen molar-refractivity contribution in [3.63, 3.8) is 0 Å². The van der Waals surface area contributed by atoms with Crippen molar-refractivity contribution in [2.24, 2.45) is 0 Å². The Morgan fingerprint density at radius 1 is 0.522 bits per heavy atom. The second-order valence-electron chi connectivity index (χ2n) is 19.8. The first-order valence-electron chi connectivity index (χ1n) is 27.6. The Hall–Kier alpha value is -2.29. The Labute approximate surface area is 413 Å². The number of ether oxygens (including phenoxy) is 1. The first-order valence-corrected chi connectivity index (χ1v) is 29.1. The van der Waals surface area contributed by atoms with Crippen LogP contribution in [0.1, 0.15) is 239 Å². The Morgan fingerprint density at radius 3 is 1.42 bits per heavy atom. The maximum atomic E-state index is 13.4. The number of phosphoric acid groups is 1. The van der Waals surface area contributed by atoms with E-state index in [1.54, 1.807) is 0 Å². The molecule has 0 aliphatic rings. The van der Waals surface area contributed by atoms with Crippen molar-refractivity contribution in [1.82, 2.24) is 5.32 Å². The molecular weight excluding hydrogens is 856 g/mol. The predicted molar refractivity (Wildman–Crippen MR) is 286 cm³/mol. The van der Waals surface area contributed by atoms with Gasteiger partial charge in [0.2, 0.25) is 5.91 Å². The summed E-state index contributed by atoms with van der Waals surface area (Å²) in [5, 5.41) is 3.03. The molecule has 0 radical (unpaired) electrons. The van der Waals surface area contributed by atoms with Crippen LogP contribution in [0.25, 0.3) is 0 Å². The fourth-order valence-corrected chi connectivity index (χ4v) is 8.37.